The van der Waals surface area contributed by atoms with E-state index in [4.69, 9.17) is 4.74 Å². The number of nitrogens with one attached hydrogen (secondary N) is 3. The summed E-state index contributed by atoms with van der Waals surface area (Å²) in [4.78, 5) is 43.5. The summed E-state index contributed by atoms with van der Waals surface area (Å²) in [5, 5.41) is 12.3. The number of carbonyl (C=O) groups excluding carboxylic acids is 3. The summed E-state index contributed by atoms with van der Waals surface area (Å²) in [5.41, 5.74) is 2.33. The minimum atomic E-state index is -0.922. The number of nitrogens with zero attached hydrogens (tertiary/aromatic N) is 3. The van der Waals surface area contributed by atoms with E-state index in [0.29, 0.717) is 23.7 Å². The van der Waals surface area contributed by atoms with E-state index in [-0.39, 0.29) is 30.3 Å². The van der Waals surface area contributed by atoms with E-state index in [1.807, 2.05) is 30.3 Å². The van der Waals surface area contributed by atoms with Gasteiger partial charge < -0.3 is 20.3 Å². The lowest BCUT2D eigenvalue weighted by Crippen LogP contribution is -2.49. The number of ether oxygens (including phenoxy) is 1. The largest absolute Gasteiger partial charge is 0.489 e. The molecule has 1 fully saturated rings. The van der Waals surface area contributed by atoms with Gasteiger partial charge in [-0.25, -0.2) is 4.98 Å². The fourth-order valence-electron chi connectivity index (χ4n) is 3.86. The van der Waals surface area contributed by atoms with Crippen molar-refractivity contribution in [3.63, 3.8) is 0 Å². The van der Waals surface area contributed by atoms with Gasteiger partial charge in [-0.2, -0.15) is 0 Å². The van der Waals surface area contributed by atoms with Crippen LogP contribution in [-0.2, 0) is 16.0 Å². The van der Waals surface area contributed by atoms with E-state index in [1.165, 1.54) is 11.0 Å². The number of rotatable bonds is 7. The van der Waals surface area contributed by atoms with Crippen LogP contribution in [0.3, 0.4) is 0 Å². The second-order valence-electron chi connectivity index (χ2n) is 8.85. The number of anilines is 1. The predicted octanol–water partition coefficient (Wildman–Crippen LogP) is 1.84. The maximum absolute atomic E-state index is 13.1. The number of aromatic amines is 1. The van der Waals surface area contributed by atoms with Crippen LogP contribution in [-0.4, -0.2) is 58.6 Å². The zero-order valence-corrected chi connectivity index (χ0v) is 19.7. The van der Waals surface area contributed by atoms with E-state index in [2.05, 4.69) is 25.8 Å². The van der Waals surface area contributed by atoms with Gasteiger partial charge in [-0.3, -0.25) is 19.5 Å². The van der Waals surface area contributed by atoms with Gasteiger partial charge in [0.1, 0.15) is 24.2 Å². The van der Waals surface area contributed by atoms with Crippen LogP contribution in [0.15, 0.2) is 54.6 Å². The Morgan fingerprint density at radius 3 is 2.75 bits per heavy atom. The number of aromatic nitrogens is 3. The minimum absolute atomic E-state index is 0.0395. The first-order valence-electron chi connectivity index (χ1n) is 11.8. The number of fused-ring (bicyclic) bond motifs is 1. The average molecular weight is 487 g/mol. The van der Waals surface area contributed by atoms with E-state index in [1.54, 1.807) is 31.3 Å². The molecule has 0 radical (unpaired) electrons. The first-order valence-corrected chi connectivity index (χ1v) is 11.8. The zero-order valence-electron chi connectivity index (χ0n) is 19.7. The SMILES string of the molecule is CN1C(=O)[C@H](NC(=O)c2n[nH]c(Cc3ccccc3)n2)COc2ccc(/C=C/C(=O)NC3CC3)cc21. The monoisotopic (exact) mass is 486 g/mol. The molecular formula is C26H26N6O4. The molecule has 36 heavy (non-hydrogen) atoms. The molecule has 2 heterocycles. The van der Waals surface area contributed by atoms with Crippen LogP contribution in [0, 0.1) is 0 Å². The molecule has 0 unspecified atom stereocenters. The third-order valence-corrected chi connectivity index (χ3v) is 5.98. The van der Waals surface area contributed by atoms with Crippen molar-refractivity contribution < 1.29 is 19.1 Å². The van der Waals surface area contributed by atoms with Crippen LogP contribution >= 0.6 is 0 Å². The van der Waals surface area contributed by atoms with Crippen molar-refractivity contribution in [3.8, 4) is 5.75 Å². The molecule has 10 nitrogen and oxygen atoms in total. The van der Waals surface area contributed by atoms with Crippen molar-refractivity contribution in [1.82, 2.24) is 25.8 Å². The molecule has 5 rings (SSSR count). The molecule has 1 aliphatic carbocycles. The third-order valence-electron chi connectivity index (χ3n) is 5.98. The Bertz CT molecular complexity index is 1310. The highest BCUT2D eigenvalue weighted by atomic mass is 16.5. The molecule has 184 valence electrons. The quantitative estimate of drug-likeness (QED) is 0.437. The minimum Gasteiger partial charge on any atom is -0.489 e. The summed E-state index contributed by atoms with van der Waals surface area (Å²) >= 11 is 0. The van der Waals surface area contributed by atoms with Gasteiger partial charge >= 0.3 is 0 Å². The van der Waals surface area contributed by atoms with Crippen molar-refractivity contribution in [2.45, 2.75) is 31.3 Å². The summed E-state index contributed by atoms with van der Waals surface area (Å²) in [5.74, 6) is -0.0484. The van der Waals surface area contributed by atoms with Gasteiger partial charge in [-0.1, -0.05) is 36.4 Å². The Morgan fingerprint density at radius 2 is 1.97 bits per heavy atom. The van der Waals surface area contributed by atoms with Crippen molar-refractivity contribution >= 4 is 29.5 Å². The molecule has 0 bridgehead atoms. The number of hydrogen-bond acceptors (Lipinski definition) is 6. The molecule has 0 saturated heterocycles. The smallest absolute Gasteiger partial charge is 0.291 e. The van der Waals surface area contributed by atoms with Crippen molar-refractivity contribution in [1.29, 1.82) is 0 Å². The highest BCUT2D eigenvalue weighted by molar-refractivity contribution is 6.02. The Labute approximate surface area is 207 Å². The maximum atomic E-state index is 13.1. The van der Waals surface area contributed by atoms with Gasteiger partial charge in [-0.05, 0) is 42.2 Å². The van der Waals surface area contributed by atoms with Crippen LogP contribution in [0.5, 0.6) is 5.75 Å². The lowest BCUT2D eigenvalue weighted by Gasteiger charge is -2.20. The second kappa shape index (κ2) is 10.0. The van der Waals surface area contributed by atoms with Crippen LogP contribution in [0.25, 0.3) is 6.08 Å². The number of hydrogen-bond donors (Lipinski definition) is 3. The van der Waals surface area contributed by atoms with Crippen molar-refractivity contribution in [2.75, 3.05) is 18.6 Å². The lowest BCUT2D eigenvalue weighted by molar-refractivity contribution is -0.120. The maximum Gasteiger partial charge on any atom is 0.291 e. The first-order chi connectivity index (χ1) is 17.5. The summed E-state index contributed by atoms with van der Waals surface area (Å²) < 4.78 is 5.84. The Morgan fingerprint density at radius 1 is 1.17 bits per heavy atom. The van der Waals surface area contributed by atoms with Crippen molar-refractivity contribution in [3.05, 3.63) is 77.4 Å². The molecule has 1 aliphatic heterocycles. The molecule has 3 amide bonds. The van der Waals surface area contributed by atoms with Gasteiger partial charge in [0.15, 0.2) is 0 Å². The molecule has 10 heteroatoms. The Kier molecular flexibility index (Phi) is 6.48. The lowest BCUT2D eigenvalue weighted by atomic mass is 10.1. The fraction of sp³-hybridized carbons (Fsp3) is 0.269. The molecule has 3 N–H and O–H groups in total. The van der Waals surface area contributed by atoms with Gasteiger partial charge in [0.05, 0.1) is 5.69 Å². The van der Waals surface area contributed by atoms with Gasteiger partial charge in [0, 0.05) is 25.6 Å². The first kappa shape index (κ1) is 23.3. The summed E-state index contributed by atoms with van der Waals surface area (Å²) in [6.45, 7) is -0.0395. The summed E-state index contributed by atoms with van der Waals surface area (Å²) in [6.07, 6.45) is 5.71. The van der Waals surface area contributed by atoms with Crippen LogP contribution in [0.1, 0.15) is 40.4 Å². The summed E-state index contributed by atoms with van der Waals surface area (Å²) in [7, 11) is 1.62. The Hall–Kier alpha value is -4.47. The molecule has 3 aromatic rings. The molecular weight excluding hydrogens is 460 g/mol. The molecule has 2 aromatic carbocycles. The molecule has 1 saturated carbocycles. The van der Waals surface area contributed by atoms with Crippen LogP contribution in [0.4, 0.5) is 5.69 Å². The van der Waals surface area contributed by atoms with E-state index < -0.39 is 11.9 Å². The highest BCUT2D eigenvalue weighted by Crippen LogP contribution is 2.32. The predicted molar refractivity (Wildman–Crippen MR) is 132 cm³/mol. The van der Waals surface area contributed by atoms with Crippen LogP contribution in [0.2, 0.25) is 0 Å². The number of benzene rings is 2. The van der Waals surface area contributed by atoms with Crippen LogP contribution < -0.4 is 20.3 Å². The van der Waals surface area contributed by atoms with Crippen molar-refractivity contribution in [2.24, 2.45) is 0 Å². The number of H-pyrrole nitrogens is 1. The normalized spacial score (nSPS) is 17.3. The second-order valence-corrected chi connectivity index (χ2v) is 8.85. The summed E-state index contributed by atoms with van der Waals surface area (Å²) in [6, 6.07) is 14.4. The molecule has 1 atom stereocenters. The Balaban J connectivity index is 1.24. The number of likely N-dealkylation sites (N-methyl/N-ethyl adjacent to an activating group) is 1. The van der Waals surface area contributed by atoms with E-state index in [9.17, 15) is 14.4 Å². The molecule has 0 spiro atoms. The fourth-order valence-corrected chi connectivity index (χ4v) is 3.86. The highest BCUT2D eigenvalue weighted by Gasteiger charge is 2.31. The number of amides is 3. The topological polar surface area (TPSA) is 129 Å². The zero-order chi connectivity index (χ0) is 25.1. The average Bonchev–Trinajstić information content (AvgIpc) is 3.60. The standard InChI is InChI=1S/C26H26N6O4/c1-32-20-13-17(8-12-23(33)27-18-9-10-18)7-11-21(20)36-15-19(26(32)35)28-25(34)24-29-22(30-31-24)14-16-5-3-2-4-6-16/h2-8,11-13,18-19H,9-10,14-15H2,1H3,(H,27,33)(H,28,34)(H,29,30,31)/b12-8+/t19-/m1/s1. The van der Waals surface area contributed by atoms with Gasteiger partial charge in [-0.15, -0.1) is 5.10 Å². The van der Waals surface area contributed by atoms with Gasteiger partial charge in [0.2, 0.25) is 11.7 Å². The number of carbonyl (C=O) groups is 3. The van der Waals surface area contributed by atoms with E-state index in [0.717, 1.165) is 24.0 Å². The van der Waals surface area contributed by atoms with E-state index >= 15 is 0 Å². The molecule has 1 aromatic heterocycles. The van der Waals surface area contributed by atoms with Gasteiger partial charge in [0.25, 0.3) is 11.8 Å². The molecule has 2 aliphatic rings. The third kappa shape index (κ3) is 5.43.